The topological polar surface area (TPSA) is 51.8 Å². The predicted molar refractivity (Wildman–Crippen MR) is 83.7 cm³/mol. The zero-order valence-electron chi connectivity index (χ0n) is 11.0. The lowest BCUT2D eigenvalue weighted by Gasteiger charge is -2.08. The van der Waals surface area contributed by atoms with Gasteiger partial charge in [-0.1, -0.05) is 6.07 Å². The van der Waals surface area contributed by atoms with Gasteiger partial charge < -0.3 is 5.73 Å². The van der Waals surface area contributed by atoms with E-state index in [1.807, 2.05) is 25.3 Å². The molecule has 0 aliphatic rings. The van der Waals surface area contributed by atoms with Crippen molar-refractivity contribution in [3.05, 3.63) is 35.0 Å². The number of rotatable bonds is 2. The van der Waals surface area contributed by atoms with E-state index in [1.54, 1.807) is 6.07 Å². The first-order chi connectivity index (χ1) is 9.60. The quantitative estimate of drug-likeness (QED) is 0.724. The molecule has 3 rings (SSSR count). The number of benzene rings is 1. The van der Waals surface area contributed by atoms with Crippen LogP contribution in [0.5, 0.6) is 0 Å². The Kier molecular flexibility index (Phi) is 3.35. The van der Waals surface area contributed by atoms with Crippen LogP contribution in [0, 0.1) is 12.7 Å². The van der Waals surface area contributed by atoms with E-state index in [0.717, 1.165) is 20.0 Å². The summed E-state index contributed by atoms with van der Waals surface area (Å²) in [7, 11) is 0. The van der Waals surface area contributed by atoms with E-state index in [1.165, 1.54) is 29.2 Å². The third-order valence-electron chi connectivity index (χ3n) is 2.96. The van der Waals surface area contributed by atoms with E-state index in [-0.39, 0.29) is 5.82 Å². The number of aryl methyl sites for hydroxylation is 1. The molecule has 6 heteroatoms. The summed E-state index contributed by atoms with van der Waals surface area (Å²) in [6.07, 6.45) is 1.90. The minimum atomic E-state index is -0.330. The van der Waals surface area contributed by atoms with Crippen LogP contribution in [0.1, 0.15) is 4.88 Å². The Labute approximate surface area is 124 Å². The molecule has 0 saturated carbocycles. The van der Waals surface area contributed by atoms with Gasteiger partial charge in [0.15, 0.2) is 5.82 Å². The maximum Gasteiger partial charge on any atom is 0.167 e. The van der Waals surface area contributed by atoms with Gasteiger partial charge in [0, 0.05) is 9.77 Å². The van der Waals surface area contributed by atoms with Crippen LogP contribution in [0.25, 0.3) is 21.6 Å². The number of aromatic nitrogens is 2. The van der Waals surface area contributed by atoms with E-state index in [9.17, 15) is 4.39 Å². The summed E-state index contributed by atoms with van der Waals surface area (Å²) in [5.41, 5.74) is 6.39. The van der Waals surface area contributed by atoms with Crippen LogP contribution in [0.4, 0.5) is 10.2 Å². The molecular weight excluding hydrogens is 293 g/mol. The van der Waals surface area contributed by atoms with Gasteiger partial charge in [-0.05, 0) is 31.4 Å². The number of hydrogen-bond donors (Lipinski definition) is 1. The first kappa shape index (κ1) is 13.3. The summed E-state index contributed by atoms with van der Waals surface area (Å²) in [5, 5.41) is 0.832. The molecule has 3 aromatic rings. The highest BCUT2D eigenvalue weighted by atomic mass is 32.2. The molecule has 0 aliphatic heterocycles. The number of anilines is 1. The molecule has 0 bridgehead atoms. The van der Waals surface area contributed by atoms with Crippen molar-refractivity contribution in [3.8, 4) is 11.4 Å². The molecule has 0 spiro atoms. The molecule has 0 radical (unpaired) electrons. The van der Waals surface area contributed by atoms with Crippen molar-refractivity contribution in [1.82, 2.24) is 9.97 Å². The lowest BCUT2D eigenvalue weighted by molar-refractivity contribution is 0.627. The van der Waals surface area contributed by atoms with Crippen LogP contribution < -0.4 is 5.73 Å². The second-order valence-corrected chi connectivity index (χ2v) is 6.41. The Balaban J connectivity index is 2.30. The highest BCUT2D eigenvalue weighted by Crippen LogP contribution is 2.34. The Hall–Kier alpha value is -1.66. The van der Waals surface area contributed by atoms with Crippen molar-refractivity contribution in [2.24, 2.45) is 0 Å². The molecule has 0 fully saturated rings. The first-order valence-corrected chi connectivity index (χ1v) is 8.01. The molecule has 2 heterocycles. The molecule has 1 aromatic carbocycles. The zero-order chi connectivity index (χ0) is 14.3. The van der Waals surface area contributed by atoms with Crippen molar-refractivity contribution >= 4 is 39.1 Å². The van der Waals surface area contributed by atoms with Gasteiger partial charge in [0.25, 0.3) is 0 Å². The standard InChI is InChI=1S/C14H12FN3S2/c1-7-6-8-12(16)17-13(18-14(8)20-7)11-9(15)4-3-5-10(11)19-2/h3-6H,1-2H3,(H2,16,17,18). The highest BCUT2D eigenvalue weighted by Gasteiger charge is 2.16. The summed E-state index contributed by atoms with van der Waals surface area (Å²) < 4.78 is 14.1. The monoisotopic (exact) mass is 305 g/mol. The average Bonchev–Trinajstić information content (AvgIpc) is 2.79. The maximum absolute atomic E-state index is 14.1. The summed E-state index contributed by atoms with van der Waals surface area (Å²) in [5.74, 6) is 0.410. The van der Waals surface area contributed by atoms with Crippen LogP contribution in [-0.2, 0) is 0 Å². The second kappa shape index (κ2) is 5.03. The maximum atomic E-state index is 14.1. The molecule has 0 amide bonds. The minimum Gasteiger partial charge on any atom is -0.383 e. The van der Waals surface area contributed by atoms with Gasteiger partial charge in [-0.2, -0.15) is 0 Å². The Morgan fingerprint density at radius 1 is 1.30 bits per heavy atom. The fourth-order valence-electron chi connectivity index (χ4n) is 2.07. The van der Waals surface area contributed by atoms with Crippen molar-refractivity contribution in [3.63, 3.8) is 0 Å². The summed E-state index contributed by atoms with van der Waals surface area (Å²) in [4.78, 5) is 11.4. The molecule has 20 heavy (non-hydrogen) atoms. The van der Waals surface area contributed by atoms with Gasteiger partial charge in [0.05, 0.1) is 10.9 Å². The number of thiophene rings is 1. The van der Waals surface area contributed by atoms with Crippen LogP contribution in [0.15, 0.2) is 29.2 Å². The van der Waals surface area contributed by atoms with Crippen molar-refractivity contribution in [2.75, 3.05) is 12.0 Å². The molecular formula is C14H12FN3S2. The highest BCUT2D eigenvalue weighted by molar-refractivity contribution is 7.98. The molecule has 3 nitrogen and oxygen atoms in total. The molecule has 0 unspecified atom stereocenters. The van der Waals surface area contributed by atoms with Gasteiger partial charge >= 0.3 is 0 Å². The normalized spacial score (nSPS) is 11.2. The Morgan fingerprint density at radius 2 is 2.10 bits per heavy atom. The third-order valence-corrected chi connectivity index (χ3v) is 4.69. The van der Waals surface area contributed by atoms with Crippen LogP contribution in [-0.4, -0.2) is 16.2 Å². The number of nitrogens with two attached hydrogens (primary N) is 1. The van der Waals surface area contributed by atoms with E-state index in [4.69, 9.17) is 5.73 Å². The minimum absolute atomic E-state index is 0.330. The number of thioether (sulfide) groups is 1. The summed E-state index contributed by atoms with van der Waals surface area (Å²) in [6.45, 7) is 1.99. The molecule has 102 valence electrons. The van der Waals surface area contributed by atoms with Crippen LogP contribution in [0.2, 0.25) is 0 Å². The first-order valence-electron chi connectivity index (χ1n) is 5.96. The van der Waals surface area contributed by atoms with Gasteiger partial charge in [0.2, 0.25) is 0 Å². The molecule has 0 saturated heterocycles. The predicted octanol–water partition coefficient (Wildman–Crippen LogP) is 4.11. The van der Waals surface area contributed by atoms with E-state index in [0.29, 0.717) is 17.2 Å². The summed E-state index contributed by atoms with van der Waals surface area (Å²) >= 11 is 3.00. The number of fused-ring (bicyclic) bond motifs is 1. The largest absolute Gasteiger partial charge is 0.383 e. The van der Waals surface area contributed by atoms with Crippen molar-refractivity contribution in [1.29, 1.82) is 0 Å². The fourth-order valence-corrected chi connectivity index (χ4v) is 3.56. The Morgan fingerprint density at radius 3 is 2.85 bits per heavy atom. The summed E-state index contributed by atoms with van der Waals surface area (Å²) in [6, 6.07) is 6.91. The second-order valence-electron chi connectivity index (χ2n) is 4.33. The van der Waals surface area contributed by atoms with E-state index >= 15 is 0 Å². The van der Waals surface area contributed by atoms with Crippen molar-refractivity contribution < 1.29 is 4.39 Å². The van der Waals surface area contributed by atoms with Crippen LogP contribution in [0.3, 0.4) is 0 Å². The van der Waals surface area contributed by atoms with E-state index in [2.05, 4.69) is 9.97 Å². The van der Waals surface area contributed by atoms with Gasteiger partial charge in [-0.3, -0.25) is 0 Å². The zero-order valence-corrected chi connectivity index (χ0v) is 12.6. The van der Waals surface area contributed by atoms with Crippen molar-refractivity contribution in [2.45, 2.75) is 11.8 Å². The number of nitrogens with zero attached hydrogens (tertiary/aromatic N) is 2. The molecule has 0 atom stereocenters. The average molecular weight is 305 g/mol. The van der Waals surface area contributed by atoms with Gasteiger partial charge in [0.1, 0.15) is 16.5 Å². The number of halogens is 1. The number of nitrogen functional groups attached to an aromatic ring is 1. The molecule has 0 aliphatic carbocycles. The van der Waals surface area contributed by atoms with Crippen LogP contribution >= 0.6 is 23.1 Å². The lowest BCUT2D eigenvalue weighted by Crippen LogP contribution is -1.98. The number of hydrogen-bond acceptors (Lipinski definition) is 5. The molecule has 2 aromatic heterocycles. The molecule has 2 N–H and O–H groups in total. The fraction of sp³-hybridized carbons (Fsp3) is 0.143. The lowest BCUT2D eigenvalue weighted by atomic mass is 10.2. The van der Waals surface area contributed by atoms with Gasteiger partial charge in [-0.25, -0.2) is 14.4 Å². The third kappa shape index (κ3) is 2.14. The SMILES string of the molecule is CSc1cccc(F)c1-c1nc(N)c2cc(C)sc2n1. The van der Waals surface area contributed by atoms with E-state index < -0.39 is 0 Å². The Bertz CT molecular complexity index is 798. The van der Waals surface area contributed by atoms with Gasteiger partial charge in [-0.15, -0.1) is 23.1 Å². The smallest absolute Gasteiger partial charge is 0.167 e.